The van der Waals surface area contributed by atoms with Crippen molar-refractivity contribution < 1.29 is 4.79 Å². The van der Waals surface area contributed by atoms with Crippen molar-refractivity contribution >= 4 is 5.91 Å². The summed E-state index contributed by atoms with van der Waals surface area (Å²) in [6, 6.07) is 0.410. The van der Waals surface area contributed by atoms with E-state index in [9.17, 15) is 4.79 Å². The molecule has 18 heavy (non-hydrogen) atoms. The zero-order chi connectivity index (χ0) is 13.8. The first kappa shape index (κ1) is 15.5. The Bertz CT molecular complexity index is 270. The third kappa shape index (κ3) is 4.00. The predicted octanol–water partition coefficient (Wildman–Crippen LogP) is 4.24. The van der Waals surface area contributed by atoms with Gasteiger partial charge in [-0.25, -0.2) is 0 Å². The zero-order valence-corrected chi connectivity index (χ0v) is 13.0. The first-order valence-corrected chi connectivity index (χ1v) is 7.68. The number of hydrogen-bond acceptors (Lipinski definition) is 1. The lowest BCUT2D eigenvalue weighted by Crippen LogP contribution is -2.48. The summed E-state index contributed by atoms with van der Waals surface area (Å²) in [6.07, 6.45) is 6.49. The molecule has 0 aromatic heterocycles. The molecule has 0 saturated carbocycles. The van der Waals surface area contributed by atoms with Crippen LogP contribution >= 0.6 is 0 Å². The van der Waals surface area contributed by atoms with E-state index in [1.165, 1.54) is 12.8 Å². The second-order valence-corrected chi connectivity index (χ2v) is 6.89. The molecule has 1 heterocycles. The van der Waals surface area contributed by atoms with E-state index in [2.05, 4.69) is 39.5 Å². The van der Waals surface area contributed by atoms with Crippen molar-refractivity contribution in [1.29, 1.82) is 0 Å². The number of nitrogens with zero attached hydrogens (tertiary/aromatic N) is 1. The van der Waals surface area contributed by atoms with Gasteiger partial charge < -0.3 is 4.90 Å². The van der Waals surface area contributed by atoms with E-state index < -0.39 is 0 Å². The molecule has 0 N–H and O–H groups in total. The molecule has 0 aromatic carbocycles. The van der Waals surface area contributed by atoms with Crippen LogP contribution in [0.3, 0.4) is 0 Å². The minimum absolute atomic E-state index is 0.226. The van der Waals surface area contributed by atoms with Crippen LogP contribution in [-0.4, -0.2) is 23.4 Å². The predicted molar refractivity (Wildman–Crippen MR) is 77.5 cm³/mol. The summed E-state index contributed by atoms with van der Waals surface area (Å²) in [7, 11) is 0. The van der Waals surface area contributed by atoms with E-state index in [0.717, 1.165) is 32.2 Å². The fraction of sp³-hybridized carbons (Fsp3) is 0.938. The quantitative estimate of drug-likeness (QED) is 0.717. The van der Waals surface area contributed by atoms with Crippen molar-refractivity contribution in [3.63, 3.8) is 0 Å². The monoisotopic (exact) mass is 253 g/mol. The summed E-state index contributed by atoms with van der Waals surface area (Å²) in [6.45, 7) is 12.4. The summed E-state index contributed by atoms with van der Waals surface area (Å²) in [5.41, 5.74) is 0.226. The van der Waals surface area contributed by atoms with Crippen LogP contribution in [0.4, 0.5) is 0 Å². The second-order valence-electron chi connectivity index (χ2n) is 6.89. The maximum absolute atomic E-state index is 12.3. The molecule has 1 fully saturated rings. The molecule has 1 unspecified atom stereocenters. The smallest absolute Gasteiger partial charge is 0.222 e. The lowest BCUT2D eigenvalue weighted by molar-refractivity contribution is -0.136. The van der Waals surface area contributed by atoms with Crippen molar-refractivity contribution in [2.24, 2.45) is 11.3 Å². The van der Waals surface area contributed by atoms with Gasteiger partial charge in [-0.15, -0.1) is 0 Å². The zero-order valence-electron chi connectivity index (χ0n) is 13.0. The molecule has 1 aliphatic heterocycles. The van der Waals surface area contributed by atoms with Crippen LogP contribution in [0.25, 0.3) is 0 Å². The van der Waals surface area contributed by atoms with Crippen LogP contribution in [0, 0.1) is 11.3 Å². The number of likely N-dealkylation sites (tertiary alicyclic amines) is 1. The van der Waals surface area contributed by atoms with Crippen LogP contribution in [0.15, 0.2) is 0 Å². The Labute approximate surface area is 113 Å². The summed E-state index contributed by atoms with van der Waals surface area (Å²) in [5.74, 6) is 1.04. The highest BCUT2D eigenvalue weighted by molar-refractivity contribution is 5.76. The van der Waals surface area contributed by atoms with Gasteiger partial charge in [0.25, 0.3) is 0 Å². The number of hydrogen-bond donors (Lipinski definition) is 0. The molecule has 106 valence electrons. The van der Waals surface area contributed by atoms with E-state index in [1.807, 2.05) is 0 Å². The van der Waals surface area contributed by atoms with Gasteiger partial charge in [-0.05, 0) is 37.0 Å². The molecule has 0 spiro atoms. The lowest BCUT2D eigenvalue weighted by atomic mass is 9.77. The van der Waals surface area contributed by atoms with Crippen LogP contribution in [0.5, 0.6) is 0 Å². The first-order valence-electron chi connectivity index (χ1n) is 7.68. The minimum Gasteiger partial charge on any atom is -0.339 e. The Morgan fingerprint density at radius 3 is 2.44 bits per heavy atom. The normalized spacial score (nSPS) is 20.1. The number of amides is 1. The molecule has 0 aromatic rings. The summed E-state index contributed by atoms with van der Waals surface area (Å²) >= 11 is 0. The standard InChI is InChI=1S/C16H31NO/c1-6-16(4,5)14(12-13(2)3)17-11-9-7-8-10-15(17)18/h13-14H,6-12H2,1-5H3. The van der Waals surface area contributed by atoms with Crippen LogP contribution < -0.4 is 0 Å². The average Bonchev–Trinajstić information content (AvgIpc) is 2.50. The lowest BCUT2D eigenvalue weighted by Gasteiger charge is -2.42. The van der Waals surface area contributed by atoms with Gasteiger partial charge in [0.2, 0.25) is 5.91 Å². The van der Waals surface area contributed by atoms with Gasteiger partial charge in [-0.3, -0.25) is 4.79 Å². The Kier molecular flexibility index (Phi) is 5.68. The largest absolute Gasteiger partial charge is 0.339 e. The summed E-state index contributed by atoms with van der Waals surface area (Å²) < 4.78 is 0. The van der Waals surface area contributed by atoms with Gasteiger partial charge >= 0.3 is 0 Å². The average molecular weight is 253 g/mol. The fourth-order valence-electron chi connectivity index (χ4n) is 2.88. The minimum atomic E-state index is 0.226. The van der Waals surface area contributed by atoms with E-state index >= 15 is 0 Å². The maximum Gasteiger partial charge on any atom is 0.222 e. The van der Waals surface area contributed by atoms with E-state index in [-0.39, 0.29) is 5.41 Å². The Balaban J connectivity index is 2.89. The molecule has 0 radical (unpaired) electrons. The topological polar surface area (TPSA) is 20.3 Å². The molecule has 1 rings (SSSR count). The third-order valence-electron chi connectivity index (χ3n) is 4.49. The number of rotatable bonds is 5. The van der Waals surface area contributed by atoms with Crippen molar-refractivity contribution in [2.45, 2.75) is 79.2 Å². The molecule has 1 atom stereocenters. The summed E-state index contributed by atoms with van der Waals surface area (Å²) in [4.78, 5) is 14.5. The Hall–Kier alpha value is -0.530. The van der Waals surface area contributed by atoms with Gasteiger partial charge in [0.1, 0.15) is 0 Å². The van der Waals surface area contributed by atoms with Crippen molar-refractivity contribution in [1.82, 2.24) is 4.90 Å². The second kappa shape index (κ2) is 6.58. The fourth-order valence-corrected chi connectivity index (χ4v) is 2.88. The first-order chi connectivity index (χ1) is 8.38. The molecule has 2 heteroatoms. The van der Waals surface area contributed by atoms with Crippen molar-refractivity contribution in [3.05, 3.63) is 0 Å². The van der Waals surface area contributed by atoms with Gasteiger partial charge in [0.05, 0.1) is 0 Å². The third-order valence-corrected chi connectivity index (χ3v) is 4.49. The molecule has 1 aliphatic rings. The van der Waals surface area contributed by atoms with Crippen LogP contribution in [0.2, 0.25) is 0 Å². The van der Waals surface area contributed by atoms with Gasteiger partial charge in [0, 0.05) is 19.0 Å². The van der Waals surface area contributed by atoms with E-state index in [0.29, 0.717) is 17.9 Å². The molecule has 1 saturated heterocycles. The van der Waals surface area contributed by atoms with Crippen LogP contribution in [0.1, 0.15) is 73.1 Å². The number of carbonyl (C=O) groups excluding carboxylic acids is 1. The molecule has 2 nitrogen and oxygen atoms in total. The SMILES string of the molecule is CCC(C)(C)C(CC(C)C)N1CCCCCC1=O. The van der Waals surface area contributed by atoms with Gasteiger partial charge in [0.15, 0.2) is 0 Å². The van der Waals surface area contributed by atoms with Crippen molar-refractivity contribution in [3.8, 4) is 0 Å². The number of carbonyl (C=O) groups is 1. The molecular weight excluding hydrogens is 222 g/mol. The molecular formula is C16H31NO. The highest BCUT2D eigenvalue weighted by atomic mass is 16.2. The summed E-state index contributed by atoms with van der Waals surface area (Å²) in [5, 5.41) is 0. The van der Waals surface area contributed by atoms with Crippen molar-refractivity contribution in [2.75, 3.05) is 6.54 Å². The molecule has 1 amide bonds. The molecule has 0 aliphatic carbocycles. The Morgan fingerprint density at radius 2 is 1.89 bits per heavy atom. The highest BCUT2D eigenvalue weighted by Gasteiger charge is 2.35. The van der Waals surface area contributed by atoms with Gasteiger partial charge in [-0.1, -0.05) is 41.0 Å². The van der Waals surface area contributed by atoms with E-state index in [4.69, 9.17) is 0 Å². The maximum atomic E-state index is 12.3. The van der Waals surface area contributed by atoms with Crippen LogP contribution in [-0.2, 0) is 4.79 Å². The Morgan fingerprint density at radius 1 is 1.22 bits per heavy atom. The molecule has 0 bridgehead atoms. The highest BCUT2D eigenvalue weighted by Crippen LogP contribution is 2.34. The van der Waals surface area contributed by atoms with E-state index in [1.54, 1.807) is 0 Å². The van der Waals surface area contributed by atoms with Gasteiger partial charge in [-0.2, -0.15) is 0 Å².